The van der Waals surface area contributed by atoms with Crippen LogP contribution in [0.25, 0.3) is 6.08 Å². The molecule has 1 atom stereocenters. The summed E-state index contributed by atoms with van der Waals surface area (Å²) < 4.78 is 0. The highest BCUT2D eigenvalue weighted by Crippen LogP contribution is 2.32. The quantitative estimate of drug-likeness (QED) is 0.610. The standard InChI is InChI=1S/C12H12N2/c1-13-8-9-14-11-5-3-2-4-10(11)6-7-12(13)14/h2-9,12H,1H3. The lowest BCUT2D eigenvalue weighted by Gasteiger charge is -2.32. The third-order valence-corrected chi connectivity index (χ3v) is 2.83. The number of likely N-dealkylation sites (N-methyl/N-ethyl adjacent to an activating group) is 1. The summed E-state index contributed by atoms with van der Waals surface area (Å²) in [5, 5.41) is 0. The van der Waals surface area contributed by atoms with Gasteiger partial charge in [0, 0.05) is 19.4 Å². The van der Waals surface area contributed by atoms with E-state index in [-0.39, 0.29) is 0 Å². The smallest absolute Gasteiger partial charge is 0.125 e. The Hall–Kier alpha value is -1.70. The van der Waals surface area contributed by atoms with Crippen molar-refractivity contribution >= 4 is 11.8 Å². The number of para-hydroxylation sites is 1. The molecular formula is C12H12N2. The molecule has 0 radical (unpaired) electrons. The number of hydrogen-bond donors (Lipinski definition) is 0. The molecule has 1 aromatic rings. The molecule has 0 spiro atoms. The van der Waals surface area contributed by atoms with Crippen molar-refractivity contribution in [1.29, 1.82) is 0 Å². The van der Waals surface area contributed by atoms with E-state index >= 15 is 0 Å². The van der Waals surface area contributed by atoms with Crippen LogP contribution in [0.4, 0.5) is 5.69 Å². The predicted molar refractivity (Wildman–Crippen MR) is 58.6 cm³/mol. The van der Waals surface area contributed by atoms with Crippen LogP contribution < -0.4 is 4.90 Å². The van der Waals surface area contributed by atoms with Gasteiger partial charge >= 0.3 is 0 Å². The SMILES string of the molecule is CN1C=CN2c3ccccc3C=CC12. The molecule has 2 aliphatic rings. The first-order valence-electron chi connectivity index (χ1n) is 4.82. The van der Waals surface area contributed by atoms with Crippen LogP contribution in [0, 0.1) is 0 Å². The van der Waals surface area contributed by atoms with Gasteiger partial charge in [-0.15, -0.1) is 0 Å². The van der Waals surface area contributed by atoms with E-state index in [2.05, 4.69) is 65.7 Å². The number of nitrogens with zero attached hydrogens (tertiary/aromatic N) is 2. The number of benzene rings is 1. The molecule has 14 heavy (non-hydrogen) atoms. The zero-order valence-electron chi connectivity index (χ0n) is 8.09. The van der Waals surface area contributed by atoms with Crippen LogP contribution in [0.1, 0.15) is 5.56 Å². The minimum absolute atomic E-state index is 0.366. The second kappa shape index (κ2) is 2.64. The fraction of sp³-hybridized carbons (Fsp3) is 0.167. The van der Waals surface area contributed by atoms with Crippen LogP contribution in [-0.4, -0.2) is 18.1 Å². The van der Waals surface area contributed by atoms with Crippen LogP contribution in [0.5, 0.6) is 0 Å². The highest BCUT2D eigenvalue weighted by atomic mass is 15.4. The molecule has 1 unspecified atom stereocenters. The van der Waals surface area contributed by atoms with E-state index in [4.69, 9.17) is 0 Å². The van der Waals surface area contributed by atoms with Gasteiger partial charge in [0.1, 0.15) is 6.17 Å². The van der Waals surface area contributed by atoms with Gasteiger partial charge < -0.3 is 9.80 Å². The number of anilines is 1. The summed E-state index contributed by atoms with van der Waals surface area (Å²) in [7, 11) is 2.10. The molecule has 3 rings (SSSR count). The molecule has 0 N–H and O–H groups in total. The Morgan fingerprint density at radius 1 is 1.14 bits per heavy atom. The van der Waals surface area contributed by atoms with Crippen molar-refractivity contribution < 1.29 is 0 Å². The molecule has 0 bridgehead atoms. The van der Waals surface area contributed by atoms with Gasteiger partial charge in [0.25, 0.3) is 0 Å². The van der Waals surface area contributed by atoms with Crippen LogP contribution in [0.3, 0.4) is 0 Å². The molecule has 70 valence electrons. The zero-order valence-corrected chi connectivity index (χ0v) is 8.09. The second-order valence-corrected chi connectivity index (χ2v) is 3.70. The van der Waals surface area contributed by atoms with E-state index in [9.17, 15) is 0 Å². The Balaban J connectivity index is 2.13. The van der Waals surface area contributed by atoms with Gasteiger partial charge in [0.2, 0.25) is 0 Å². The van der Waals surface area contributed by atoms with E-state index in [0.29, 0.717) is 6.17 Å². The molecule has 2 aliphatic heterocycles. The molecule has 2 nitrogen and oxygen atoms in total. The summed E-state index contributed by atoms with van der Waals surface area (Å²) in [4.78, 5) is 4.49. The molecule has 0 saturated heterocycles. The molecule has 2 heterocycles. The minimum Gasteiger partial charge on any atom is -0.356 e. The van der Waals surface area contributed by atoms with Gasteiger partial charge in [0.05, 0.1) is 5.69 Å². The normalized spacial score (nSPS) is 22.5. The lowest BCUT2D eigenvalue weighted by molar-refractivity contribution is 0.416. The summed E-state index contributed by atoms with van der Waals surface area (Å²) in [6.07, 6.45) is 9.02. The van der Waals surface area contributed by atoms with Gasteiger partial charge in [-0.1, -0.05) is 24.3 Å². The summed E-state index contributed by atoms with van der Waals surface area (Å²) in [6.45, 7) is 0. The van der Waals surface area contributed by atoms with Crippen molar-refractivity contribution in [2.75, 3.05) is 11.9 Å². The fourth-order valence-corrected chi connectivity index (χ4v) is 2.05. The van der Waals surface area contributed by atoms with E-state index in [1.807, 2.05) is 0 Å². The monoisotopic (exact) mass is 184 g/mol. The van der Waals surface area contributed by atoms with Crippen molar-refractivity contribution in [3.05, 3.63) is 48.3 Å². The predicted octanol–water partition coefficient (Wildman–Crippen LogP) is 2.26. The van der Waals surface area contributed by atoms with Crippen molar-refractivity contribution in [2.24, 2.45) is 0 Å². The summed E-state index contributed by atoms with van der Waals surface area (Å²) >= 11 is 0. The van der Waals surface area contributed by atoms with Crippen LogP contribution >= 0.6 is 0 Å². The molecule has 0 amide bonds. The average molecular weight is 184 g/mol. The Kier molecular flexibility index (Phi) is 1.45. The third-order valence-electron chi connectivity index (χ3n) is 2.83. The van der Waals surface area contributed by atoms with Crippen molar-refractivity contribution in [2.45, 2.75) is 6.17 Å². The van der Waals surface area contributed by atoms with Gasteiger partial charge in [-0.05, 0) is 17.7 Å². The van der Waals surface area contributed by atoms with Crippen LogP contribution in [0.2, 0.25) is 0 Å². The number of rotatable bonds is 0. The number of hydrogen-bond acceptors (Lipinski definition) is 2. The first kappa shape index (κ1) is 7.68. The largest absolute Gasteiger partial charge is 0.356 e. The minimum atomic E-state index is 0.366. The molecule has 0 aliphatic carbocycles. The fourth-order valence-electron chi connectivity index (χ4n) is 2.05. The van der Waals surface area contributed by atoms with Gasteiger partial charge in [-0.3, -0.25) is 0 Å². The summed E-state index contributed by atoms with van der Waals surface area (Å²) in [5.74, 6) is 0. The van der Waals surface area contributed by atoms with E-state index < -0.39 is 0 Å². The Bertz CT molecular complexity index is 420. The van der Waals surface area contributed by atoms with Gasteiger partial charge in [0.15, 0.2) is 0 Å². The Morgan fingerprint density at radius 2 is 2.00 bits per heavy atom. The lowest BCUT2D eigenvalue weighted by atomic mass is 10.1. The van der Waals surface area contributed by atoms with Gasteiger partial charge in [-0.2, -0.15) is 0 Å². The Morgan fingerprint density at radius 3 is 2.93 bits per heavy atom. The van der Waals surface area contributed by atoms with Crippen LogP contribution in [0.15, 0.2) is 42.7 Å². The second-order valence-electron chi connectivity index (χ2n) is 3.70. The Labute approximate surface area is 83.7 Å². The zero-order chi connectivity index (χ0) is 9.54. The van der Waals surface area contributed by atoms with Gasteiger partial charge in [-0.25, -0.2) is 0 Å². The summed E-state index contributed by atoms with van der Waals surface area (Å²) in [5.41, 5.74) is 2.59. The molecule has 1 aromatic carbocycles. The molecule has 0 fully saturated rings. The molecule has 0 aromatic heterocycles. The van der Waals surface area contributed by atoms with Crippen molar-refractivity contribution in [1.82, 2.24) is 4.90 Å². The first-order valence-corrected chi connectivity index (χ1v) is 4.82. The molecule has 0 saturated carbocycles. The number of fused-ring (bicyclic) bond motifs is 3. The lowest BCUT2D eigenvalue weighted by Crippen LogP contribution is -2.36. The maximum Gasteiger partial charge on any atom is 0.125 e. The maximum absolute atomic E-state index is 2.29. The highest BCUT2D eigenvalue weighted by molar-refractivity contribution is 5.73. The average Bonchev–Trinajstić information content (AvgIpc) is 2.61. The third kappa shape index (κ3) is 0.909. The highest BCUT2D eigenvalue weighted by Gasteiger charge is 2.26. The maximum atomic E-state index is 2.29. The molecule has 2 heteroatoms. The van der Waals surface area contributed by atoms with E-state index in [0.717, 1.165) is 0 Å². The van der Waals surface area contributed by atoms with Crippen molar-refractivity contribution in [3.63, 3.8) is 0 Å². The summed E-state index contributed by atoms with van der Waals surface area (Å²) in [6, 6.07) is 8.47. The van der Waals surface area contributed by atoms with E-state index in [1.165, 1.54) is 11.3 Å². The van der Waals surface area contributed by atoms with E-state index in [1.54, 1.807) is 0 Å². The first-order chi connectivity index (χ1) is 6.86. The van der Waals surface area contributed by atoms with Crippen LogP contribution in [-0.2, 0) is 0 Å². The molecular weight excluding hydrogens is 172 g/mol. The van der Waals surface area contributed by atoms with Crippen molar-refractivity contribution in [3.8, 4) is 0 Å². The topological polar surface area (TPSA) is 6.48 Å².